The normalized spacial score (nSPS) is 21.0. The minimum Gasteiger partial charge on any atom is -0.444 e. The molecule has 1 fully saturated rings. The third kappa shape index (κ3) is 4.85. The summed E-state index contributed by atoms with van der Waals surface area (Å²) in [6.45, 7) is 6.74. The van der Waals surface area contributed by atoms with Crippen molar-refractivity contribution in [2.75, 3.05) is 12.3 Å². The zero-order chi connectivity index (χ0) is 22.2. The Morgan fingerprint density at radius 1 is 1.06 bits per heavy atom. The van der Waals surface area contributed by atoms with E-state index in [1.54, 1.807) is 28.8 Å². The fourth-order valence-corrected chi connectivity index (χ4v) is 5.55. The molecule has 2 atom stereocenters. The summed E-state index contributed by atoms with van der Waals surface area (Å²) in [5, 5.41) is 0.341. The number of nitrogens with zero attached hydrogens (tertiary/aromatic N) is 2. The number of hydrogen-bond acceptors (Lipinski definition) is 4. The van der Waals surface area contributed by atoms with Crippen LogP contribution in [0.5, 0.6) is 0 Å². The summed E-state index contributed by atoms with van der Waals surface area (Å²) in [7, 11) is 0. The lowest BCUT2D eigenvalue weighted by Crippen LogP contribution is -2.51. The van der Waals surface area contributed by atoms with Gasteiger partial charge in [-0.05, 0) is 56.0 Å². The van der Waals surface area contributed by atoms with Gasteiger partial charge in [0.05, 0.1) is 0 Å². The highest BCUT2D eigenvalue weighted by Gasteiger charge is 2.45. The van der Waals surface area contributed by atoms with Crippen molar-refractivity contribution in [2.45, 2.75) is 50.8 Å². The van der Waals surface area contributed by atoms with E-state index in [2.05, 4.69) is 12.1 Å². The molecule has 0 aliphatic carbocycles. The van der Waals surface area contributed by atoms with Crippen LogP contribution < -0.4 is 0 Å². The first-order valence-corrected chi connectivity index (χ1v) is 11.9. The minimum absolute atomic E-state index is 0.0238. The van der Waals surface area contributed by atoms with Crippen molar-refractivity contribution < 1.29 is 14.3 Å². The maximum absolute atomic E-state index is 13.6. The first kappa shape index (κ1) is 22.0. The molecule has 31 heavy (non-hydrogen) atoms. The van der Waals surface area contributed by atoms with E-state index in [0.29, 0.717) is 23.9 Å². The van der Waals surface area contributed by atoms with Crippen molar-refractivity contribution in [1.82, 2.24) is 9.80 Å². The molecule has 2 aliphatic heterocycles. The third-order valence-corrected chi connectivity index (χ3v) is 7.06. The number of carbonyl (C=O) groups is 2. The molecule has 2 heterocycles. The Hall–Kier alpha value is -2.18. The number of ether oxygens (including phenoxy) is 1. The topological polar surface area (TPSA) is 49.9 Å². The zero-order valence-corrected chi connectivity index (χ0v) is 19.6. The molecule has 164 valence electrons. The highest BCUT2D eigenvalue weighted by molar-refractivity contribution is 7.99. The number of fused-ring (bicyclic) bond motifs is 1. The maximum atomic E-state index is 13.6. The summed E-state index contributed by atoms with van der Waals surface area (Å²) >= 11 is 7.64. The van der Waals surface area contributed by atoms with E-state index in [1.165, 1.54) is 11.1 Å². The van der Waals surface area contributed by atoms with Gasteiger partial charge in [-0.15, -0.1) is 11.8 Å². The van der Waals surface area contributed by atoms with E-state index in [9.17, 15) is 9.59 Å². The summed E-state index contributed by atoms with van der Waals surface area (Å²) < 4.78 is 5.70. The van der Waals surface area contributed by atoms with Gasteiger partial charge >= 0.3 is 6.09 Å². The van der Waals surface area contributed by atoms with Crippen molar-refractivity contribution in [3.63, 3.8) is 0 Å². The lowest BCUT2D eigenvalue weighted by Gasteiger charge is -2.35. The fraction of sp³-hybridized carbons (Fsp3) is 0.417. The predicted octanol–water partition coefficient (Wildman–Crippen LogP) is 5.28. The van der Waals surface area contributed by atoms with Crippen LogP contribution in [0.2, 0.25) is 5.02 Å². The van der Waals surface area contributed by atoms with Crippen LogP contribution in [-0.4, -0.2) is 45.7 Å². The van der Waals surface area contributed by atoms with Gasteiger partial charge in [0.25, 0.3) is 0 Å². The molecule has 7 heteroatoms. The number of rotatable bonds is 2. The van der Waals surface area contributed by atoms with E-state index in [-0.39, 0.29) is 11.3 Å². The molecule has 0 N–H and O–H groups in total. The van der Waals surface area contributed by atoms with Crippen LogP contribution in [0.15, 0.2) is 48.5 Å². The molecule has 4 rings (SSSR count). The second-order valence-corrected chi connectivity index (χ2v) is 10.5. The van der Waals surface area contributed by atoms with Gasteiger partial charge in [-0.3, -0.25) is 9.69 Å². The molecule has 0 bridgehead atoms. The number of benzene rings is 2. The Labute approximate surface area is 192 Å². The Kier molecular flexibility index (Phi) is 6.22. The summed E-state index contributed by atoms with van der Waals surface area (Å²) in [4.78, 5) is 30.2. The van der Waals surface area contributed by atoms with Crippen LogP contribution in [0.25, 0.3) is 0 Å². The van der Waals surface area contributed by atoms with Crippen LogP contribution in [0.3, 0.4) is 0 Å². The zero-order valence-electron chi connectivity index (χ0n) is 18.0. The van der Waals surface area contributed by atoms with Gasteiger partial charge in [-0.2, -0.15) is 0 Å². The summed E-state index contributed by atoms with van der Waals surface area (Å²) in [5.74, 6) is 0.507. The minimum atomic E-state index is -0.646. The van der Waals surface area contributed by atoms with Gasteiger partial charge < -0.3 is 9.64 Å². The largest absolute Gasteiger partial charge is 0.444 e. The first-order valence-electron chi connectivity index (χ1n) is 10.5. The summed E-state index contributed by atoms with van der Waals surface area (Å²) in [5.41, 5.74) is 2.74. The molecule has 2 aromatic carbocycles. The number of hydrogen-bond donors (Lipinski definition) is 0. The number of carbonyl (C=O) groups excluding carboxylic acids is 2. The fourth-order valence-electron chi connectivity index (χ4n) is 4.01. The Morgan fingerprint density at radius 2 is 1.74 bits per heavy atom. The second-order valence-electron chi connectivity index (χ2n) is 8.92. The Bertz CT molecular complexity index is 974. The van der Waals surface area contributed by atoms with Gasteiger partial charge in [0.1, 0.15) is 17.0 Å². The maximum Gasteiger partial charge on any atom is 0.412 e. The second kappa shape index (κ2) is 8.75. The standard InChI is InChI=1S/C24H27ClN2O3S/c1-24(2,3)30-23(29)27-20(15-31-22(27)17-8-10-19(25)11-9-17)21(28)26-13-12-16-6-4-5-7-18(16)14-26/h4-11,20,22H,12-15H2,1-3H3. The van der Waals surface area contributed by atoms with E-state index in [1.807, 2.05) is 49.9 Å². The molecule has 0 aromatic heterocycles. The van der Waals surface area contributed by atoms with Gasteiger partial charge in [0.2, 0.25) is 5.91 Å². The van der Waals surface area contributed by atoms with Crippen molar-refractivity contribution in [1.29, 1.82) is 0 Å². The van der Waals surface area contributed by atoms with Crippen LogP contribution in [0.1, 0.15) is 42.8 Å². The first-order chi connectivity index (χ1) is 14.7. The highest BCUT2D eigenvalue weighted by atomic mass is 35.5. The van der Waals surface area contributed by atoms with Gasteiger partial charge in [0, 0.05) is 23.9 Å². The Morgan fingerprint density at radius 3 is 2.42 bits per heavy atom. The third-order valence-electron chi connectivity index (χ3n) is 5.49. The molecule has 2 amide bonds. The quantitative estimate of drug-likeness (QED) is 0.614. The Balaban J connectivity index is 1.60. The van der Waals surface area contributed by atoms with Crippen LogP contribution in [0.4, 0.5) is 4.79 Å². The molecule has 0 radical (unpaired) electrons. The lowest BCUT2D eigenvalue weighted by molar-refractivity contribution is -0.137. The highest BCUT2D eigenvalue weighted by Crippen LogP contribution is 2.43. The monoisotopic (exact) mass is 458 g/mol. The molecule has 1 saturated heterocycles. The van der Waals surface area contributed by atoms with Gasteiger partial charge in [0.15, 0.2) is 0 Å². The summed E-state index contributed by atoms with van der Waals surface area (Å²) in [6.07, 6.45) is 0.364. The van der Waals surface area contributed by atoms with Crippen molar-refractivity contribution >= 4 is 35.4 Å². The molecular weight excluding hydrogens is 432 g/mol. The van der Waals surface area contributed by atoms with E-state index in [4.69, 9.17) is 16.3 Å². The predicted molar refractivity (Wildman–Crippen MR) is 124 cm³/mol. The molecule has 2 unspecified atom stereocenters. The van der Waals surface area contributed by atoms with Crippen molar-refractivity contribution in [2.24, 2.45) is 0 Å². The van der Waals surface area contributed by atoms with Gasteiger partial charge in [-0.1, -0.05) is 48.0 Å². The van der Waals surface area contributed by atoms with E-state index < -0.39 is 17.7 Å². The van der Waals surface area contributed by atoms with E-state index in [0.717, 1.165) is 12.0 Å². The van der Waals surface area contributed by atoms with Gasteiger partial charge in [-0.25, -0.2) is 4.79 Å². The van der Waals surface area contributed by atoms with Crippen molar-refractivity contribution in [3.05, 3.63) is 70.2 Å². The number of amides is 2. The molecule has 2 aromatic rings. The SMILES string of the molecule is CC(C)(C)OC(=O)N1C(C(=O)N2CCc3ccccc3C2)CSC1c1ccc(Cl)cc1. The molecule has 5 nitrogen and oxygen atoms in total. The molecule has 0 saturated carbocycles. The number of thioether (sulfide) groups is 1. The lowest BCUT2D eigenvalue weighted by atomic mass is 9.99. The smallest absolute Gasteiger partial charge is 0.412 e. The van der Waals surface area contributed by atoms with E-state index >= 15 is 0 Å². The summed E-state index contributed by atoms with van der Waals surface area (Å²) in [6, 6.07) is 15.1. The van der Waals surface area contributed by atoms with Crippen molar-refractivity contribution in [3.8, 4) is 0 Å². The molecule has 0 spiro atoms. The molecule has 2 aliphatic rings. The van der Waals surface area contributed by atoms with Crippen LogP contribution >= 0.6 is 23.4 Å². The average Bonchev–Trinajstić information content (AvgIpc) is 3.17. The number of halogens is 1. The average molecular weight is 459 g/mol. The van der Waals surface area contributed by atoms with Crippen LogP contribution in [0, 0.1) is 0 Å². The molecular formula is C24H27ClN2O3S. The van der Waals surface area contributed by atoms with Crippen LogP contribution in [-0.2, 0) is 22.5 Å².